The number of carboxylic acids is 1. The fourth-order valence-corrected chi connectivity index (χ4v) is 1.71. The van der Waals surface area contributed by atoms with Gasteiger partial charge in [-0.25, -0.2) is 24.5 Å². The first-order chi connectivity index (χ1) is 9.90. The smallest absolute Gasteiger partial charge is 0.328 e. The molecule has 0 radical (unpaired) electrons. The molecule has 0 saturated heterocycles. The van der Waals surface area contributed by atoms with Gasteiger partial charge in [-0.15, -0.1) is 0 Å². The summed E-state index contributed by atoms with van der Waals surface area (Å²) in [6.45, 7) is 1.26. The molecule has 0 aliphatic heterocycles. The Labute approximate surface area is 118 Å². The molecule has 112 valence electrons. The van der Waals surface area contributed by atoms with Gasteiger partial charge in [0.15, 0.2) is 23.0 Å². The molecular weight excluding hydrogens is 280 g/mol. The number of hydrogen-bond acceptors (Lipinski definition) is 6. The average Bonchev–Trinajstić information content (AvgIpc) is 2.78. The van der Waals surface area contributed by atoms with Crippen LogP contribution in [-0.2, 0) is 11.8 Å². The Morgan fingerprint density at radius 3 is 2.67 bits per heavy atom. The minimum atomic E-state index is -1.42. The number of carbonyl (C=O) groups is 2. The monoisotopic (exact) mass is 294 g/mol. The maximum Gasteiger partial charge on any atom is 0.328 e. The summed E-state index contributed by atoms with van der Waals surface area (Å²) in [6.07, 6.45) is 1.52. The van der Waals surface area contributed by atoms with E-state index >= 15 is 0 Å². The molecule has 2 rings (SSSR count). The highest BCUT2D eigenvalue weighted by Crippen LogP contribution is 2.15. The molecular formula is C11H14N6O4. The van der Waals surface area contributed by atoms with Crippen LogP contribution in [0.25, 0.3) is 11.2 Å². The number of aliphatic hydroxyl groups is 1. The van der Waals surface area contributed by atoms with Gasteiger partial charge in [0.25, 0.3) is 0 Å². The summed E-state index contributed by atoms with van der Waals surface area (Å²) < 4.78 is 1.65. The zero-order valence-electron chi connectivity index (χ0n) is 11.3. The Kier molecular flexibility index (Phi) is 3.98. The van der Waals surface area contributed by atoms with Crippen molar-refractivity contribution in [2.45, 2.75) is 19.1 Å². The highest BCUT2D eigenvalue weighted by molar-refractivity contribution is 5.97. The lowest BCUT2D eigenvalue weighted by Gasteiger charge is -2.17. The number of imidazole rings is 1. The van der Waals surface area contributed by atoms with E-state index in [1.807, 2.05) is 0 Å². The molecule has 0 fully saturated rings. The molecule has 21 heavy (non-hydrogen) atoms. The molecule has 2 aromatic heterocycles. The number of nitrogens with zero attached hydrogens (tertiary/aromatic N) is 4. The summed E-state index contributed by atoms with van der Waals surface area (Å²) in [7, 11) is 1.74. The van der Waals surface area contributed by atoms with Crippen LogP contribution < -0.4 is 10.6 Å². The van der Waals surface area contributed by atoms with Crippen molar-refractivity contribution in [1.82, 2.24) is 24.8 Å². The second kappa shape index (κ2) is 5.71. The summed E-state index contributed by atoms with van der Waals surface area (Å²) in [6, 6.07) is -2.24. The first-order valence-electron chi connectivity index (χ1n) is 6.00. The fourth-order valence-electron chi connectivity index (χ4n) is 1.71. The number of rotatable bonds is 4. The van der Waals surface area contributed by atoms with E-state index in [1.165, 1.54) is 19.6 Å². The Morgan fingerprint density at radius 1 is 1.33 bits per heavy atom. The molecule has 10 heteroatoms. The van der Waals surface area contributed by atoms with Gasteiger partial charge in [-0.1, -0.05) is 0 Å². The minimum absolute atomic E-state index is 0.146. The zero-order valence-corrected chi connectivity index (χ0v) is 11.3. The third-order valence-corrected chi connectivity index (χ3v) is 2.76. The van der Waals surface area contributed by atoms with Gasteiger partial charge in [-0.05, 0) is 6.92 Å². The van der Waals surface area contributed by atoms with E-state index < -0.39 is 24.1 Å². The van der Waals surface area contributed by atoms with E-state index in [4.69, 9.17) is 5.11 Å². The topological polar surface area (TPSA) is 142 Å². The van der Waals surface area contributed by atoms with Crippen molar-refractivity contribution in [3.63, 3.8) is 0 Å². The van der Waals surface area contributed by atoms with Crippen LogP contribution in [0.5, 0.6) is 0 Å². The number of aliphatic carboxylic acids is 1. The molecule has 10 nitrogen and oxygen atoms in total. The highest BCUT2D eigenvalue weighted by atomic mass is 16.4. The first-order valence-corrected chi connectivity index (χ1v) is 6.00. The summed E-state index contributed by atoms with van der Waals surface area (Å²) in [4.78, 5) is 34.6. The predicted octanol–water partition coefficient (Wildman–Crippen LogP) is -0.681. The van der Waals surface area contributed by atoms with Gasteiger partial charge in [0.2, 0.25) is 0 Å². The highest BCUT2D eigenvalue weighted by Gasteiger charge is 2.25. The van der Waals surface area contributed by atoms with E-state index in [2.05, 4.69) is 25.6 Å². The minimum Gasteiger partial charge on any atom is -0.480 e. The standard InChI is InChI=1S/C11H14N6O4/c1-5(18)6(10(19)20)15-11(21)16-8-7-9(13-3-12-8)17(2)4-14-7/h3-6,18H,1-2H3,(H,19,20)(H2,12,13,15,16,21)/t5-,6+/m1/s1. The molecule has 0 aliphatic carbocycles. The van der Waals surface area contributed by atoms with E-state index in [9.17, 15) is 14.7 Å². The molecule has 2 atom stereocenters. The lowest BCUT2D eigenvalue weighted by Crippen LogP contribution is -2.49. The fraction of sp³-hybridized carbons (Fsp3) is 0.364. The zero-order chi connectivity index (χ0) is 15.6. The molecule has 2 heterocycles. The second-order valence-electron chi connectivity index (χ2n) is 4.40. The van der Waals surface area contributed by atoms with Crippen molar-refractivity contribution in [2.75, 3.05) is 5.32 Å². The van der Waals surface area contributed by atoms with Crippen LogP contribution in [0.4, 0.5) is 10.6 Å². The molecule has 0 bridgehead atoms. The van der Waals surface area contributed by atoms with Crippen LogP contribution in [0, 0.1) is 0 Å². The van der Waals surface area contributed by atoms with Crippen molar-refractivity contribution >= 4 is 29.0 Å². The molecule has 0 unspecified atom stereocenters. The molecule has 0 saturated carbocycles. The van der Waals surface area contributed by atoms with Crippen molar-refractivity contribution in [1.29, 1.82) is 0 Å². The molecule has 4 N–H and O–H groups in total. The van der Waals surface area contributed by atoms with Crippen LogP contribution >= 0.6 is 0 Å². The quantitative estimate of drug-likeness (QED) is 0.585. The van der Waals surface area contributed by atoms with Gasteiger partial charge in [0.05, 0.1) is 12.4 Å². The summed E-state index contributed by atoms with van der Waals surface area (Å²) in [5.41, 5.74) is 0.893. The number of aromatic nitrogens is 4. The van der Waals surface area contributed by atoms with Crippen LogP contribution in [0.15, 0.2) is 12.7 Å². The molecule has 0 aromatic carbocycles. The van der Waals surface area contributed by atoms with Crippen molar-refractivity contribution in [3.05, 3.63) is 12.7 Å². The van der Waals surface area contributed by atoms with Crippen LogP contribution in [-0.4, -0.2) is 53.9 Å². The van der Waals surface area contributed by atoms with Crippen LogP contribution in [0.2, 0.25) is 0 Å². The first kappa shape index (κ1) is 14.7. The number of anilines is 1. The maximum atomic E-state index is 11.8. The number of aryl methyl sites for hydroxylation is 1. The lowest BCUT2D eigenvalue weighted by atomic mass is 10.2. The lowest BCUT2D eigenvalue weighted by molar-refractivity contribution is -0.141. The second-order valence-corrected chi connectivity index (χ2v) is 4.40. The maximum absolute atomic E-state index is 11.8. The van der Waals surface area contributed by atoms with Gasteiger partial charge < -0.3 is 20.1 Å². The third kappa shape index (κ3) is 3.05. The Hall–Kier alpha value is -2.75. The number of carboxylic acid groups (broad SMARTS) is 1. The van der Waals surface area contributed by atoms with E-state index in [0.29, 0.717) is 11.2 Å². The van der Waals surface area contributed by atoms with Gasteiger partial charge >= 0.3 is 12.0 Å². The number of aliphatic hydroxyl groups excluding tert-OH is 1. The van der Waals surface area contributed by atoms with E-state index in [-0.39, 0.29) is 5.82 Å². The Bertz CT molecular complexity index is 682. The molecule has 2 aromatic rings. The number of nitrogens with one attached hydrogen (secondary N) is 2. The summed E-state index contributed by atoms with van der Waals surface area (Å²) >= 11 is 0. The van der Waals surface area contributed by atoms with Crippen LogP contribution in [0.3, 0.4) is 0 Å². The molecule has 0 spiro atoms. The average molecular weight is 294 g/mol. The number of urea groups is 1. The number of amides is 2. The molecule has 0 aliphatic rings. The number of carbonyl (C=O) groups excluding carboxylic acids is 1. The SMILES string of the molecule is C[C@@H](O)[C@H](NC(=O)Nc1ncnc2c1ncn2C)C(=O)O. The number of fused-ring (bicyclic) bond motifs is 1. The van der Waals surface area contributed by atoms with Gasteiger partial charge in [-0.3, -0.25) is 5.32 Å². The Balaban J connectivity index is 2.16. The largest absolute Gasteiger partial charge is 0.480 e. The number of hydrogen-bond donors (Lipinski definition) is 4. The summed E-state index contributed by atoms with van der Waals surface area (Å²) in [5.74, 6) is -1.20. The van der Waals surface area contributed by atoms with E-state index in [0.717, 1.165) is 0 Å². The third-order valence-electron chi connectivity index (χ3n) is 2.76. The molecule has 2 amide bonds. The predicted molar refractivity (Wildman–Crippen MR) is 71.6 cm³/mol. The summed E-state index contributed by atoms with van der Waals surface area (Å²) in [5, 5.41) is 22.7. The Morgan fingerprint density at radius 2 is 2.05 bits per heavy atom. The van der Waals surface area contributed by atoms with E-state index in [1.54, 1.807) is 11.6 Å². The normalized spacial score (nSPS) is 13.7. The van der Waals surface area contributed by atoms with Gasteiger partial charge in [-0.2, -0.15) is 0 Å². The van der Waals surface area contributed by atoms with Crippen molar-refractivity contribution in [3.8, 4) is 0 Å². The van der Waals surface area contributed by atoms with Crippen LogP contribution in [0.1, 0.15) is 6.92 Å². The van der Waals surface area contributed by atoms with Gasteiger partial charge in [0, 0.05) is 7.05 Å². The van der Waals surface area contributed by atoms with Gasteiger partial charge in [0.1, 0.15) is 6.33 Å². The van der Waals surface area contributed by atoms with Crippen molar-refractivity contribution in [2.24, 2.45) is 7.05 Å². The van der Waals surface area contributed by atoms with Crippen molar-refractivity contribution < 1.29 is 19.8 Å².